The molecular weight excluding hydrogens is 339 g/mol. The number of halogens is 2. The Bertz CT molecular complexity index is 721. The van der Waals surface area contributed by atoms with Gasteiger partial charge in [0.15, 0.2) is 11.5 Å². The summed E-state index contributed by atoms with van der Waals surface area (Å²) in [5, 5.41) is 14.6. The quantitative estimate of drug-likeness (QED) is 0.589. The molecule has 7 heteroatoms. The van der Waals surface area contributed by atoms with Gasteiger partial charge in [-0.05, 0) is 42.8 Å². The Labute approximate surface area is 144 Å². The number of rotatable bonds is 6. The van der Waals surface area contributed by atoms with Gasteiger partial charge in [0, 0.05) is 0 Å². The number of hydrogen-bond donors (Lipinski definition) is 2. The van der Waals surface area contributed by atoms with Crippen molar-refractivity contribution in [3.8, 4) is 17.2 Å². The molecule has 0 bridgehead atoms. The predicted molar refractivity (Wildman–Crippen MR) is 93.5 cm³/mol. The van der Waals surface area contributed by atoms with E-state index in [0.717, 1.165) is 0 Å². The maximum atomic E-state index is 9.79. The zero-order valence-electron chi connectivity index (χ0n) is 12.6. The topological polar surface area (TPSA) is 63.1 Å². The highest BCUT2D eigenvalue weighted by atomic mass is 35.5. The first-order valence-electron chi connectivity index (χ1n) is 6.83. The van der Waals surface area contributed by atoms with Crippen LogP contribution >= 0.6 is 23.2 Å². The van der Waals surface area contributed by atoms with Gasteiger partial charge in [0.1, 0.15) is 5.75 Å². The van der Waals surface area contributed by atoms with Crippen LogP contribution in [0.25, 0.3) is 0 Å². The fourth-order valence-electron chi connectivity index (χ4n) is 1.85. The molecule has 2 rings (SSSR count). The van der Waals surface area contributed by atoms with E-state index in [1.807, 2.05) is 6.92 Å². The van der Waals surface area contributed by atoms with E-state index in [9.17, 15) is 5.11 Å². The van der Waals surface area contributed by atoms with Crippen molar-refractivity contribution in [3.05, 3.63) is 45.9 Å². The summed E-state index contributed by atoms with van der Waals surface area (Å²) in [7, 11) is 1.55. The summed E-state index contributed by atoms with van der Waals surface area (Å²) in [5.74, 6) is 0.822. The molecular formula is C16H16Cl2N2O3. The van der Waals surface area contributed by atoms with Crippen LogP contribution in [-0.4, -0.2) is 25.0 Å². The van der Waals surface area contributed by atoms with E-state index in [0.29, 0.717) is 34.4 Å². The minimum atomic E-state index is -0.0828. The molecule has 0 aromatic heterocycles. The van der Waals surface area contributed by atoms with Gasteiger partial charge in [0.25, 0.3) is 0 Å². The zero-order chi connectivity index (χ0) is 16.8. The molecule has 23 heavy (non-hydrogen) atoms. The number of phenols is 1. The van der Waals surface area contributed by atoms with E-state index < -0.39 is 0 Å². The third kappa shape index (κ3) is 4.43. The largest absolute Gasteiger partial charge is 0.503 e. The smallest absolute Gasteiger partial charge is 0.176 e. The molecule has 0 aliphatic rings. The average Bonchev–Trinajstić information content (AvgIpc) is 2.52. The van der Waals surface area contributed by atoms with Gasteiger partial charge in [-0.25, -0.2) is 0 Å². The zero-order valence-corrected chi connectivity index (χ0v) is 14.1. The molecule has 0 amide bonds. The molecule has 0 saturated heterocycles. The van der Waals surface area contributed by atoms with Crippen LogP contribution in [0, 0.1) is 0 Å². The lowest BCUT2D eigenvalue weighted by atomic mass is 10.2. The lowest BCUT2D eigenvalue weighted by molar-refractivity contribution is 0.318. The standard InChI is InChI=1S/C16H16Cl2N2O3/c1-3-23-15-7-10(6-13(18)16(15)21)9-19-20-11-4-5-14(22-2)12(17)8-11/h4-9,20-21H,3H2,1-2H3/b19-9+. The van der Waals surface area contributed by atoms with E-state index in [-0.39, 0.29) is 10.8 Å². The van der Waals surface area contributed by atoms with E-state index in [2.05, 4.69) is 10.5 Å². The van der Waals surface area contributed by atoms with Crippen LogP contribution in [0.4, 0.5) is 5.69 Å². The van der Waals surface area contributed by atoms with Gasteiger partial charge in [-0.15, -0.1) is 0 Å². The Kier molecular flexibility index (Phi) is 5.96. The fraction of sp³-hybridized carbons (Fsp3) is 0.188. The maximum absolute atomic E-state index is 9.79. The molecule has 0 radical (unpaired) electrons. The second kappa shape index (κ2) is 7.94. The Hall–Kier alpha value is -2.11. The van der Waals surface area contributed by atoms with Crippen molar-refractivity contribution in [1.82, 2.24) is 0 Å². The van der Waals surface area contributed by atoms with Crippen molar-refractivity contribution in [1.29, 1.82) is 0 Å². The summed E-state index contributed by atoms with van der Waals surface area (Å²) in [4.78, 5) is 0. The van der Waals surface area contributed by atoms with Crippen LogP contribution in [-0.2, 0) is 0 Å². The maximum Gasteiger partial charge on any atom is 0.176 e. The first-order chi connectivity index (χ1) is 11.0. The number of anilines is 1. The molecule has 0 aliphatic carbocycles. The first kappa shape index (κ1) is 17.2. The molecule has 2 aromatic rings. The molecule has 0 atom stereocenters. The average molecular weight is 355 g/mol. The van der Waals surface area contributed by atoms with Crippen molar-refractivity contribution < 1.29 is 14.6 Å². The summed E-state index contributed by atoms with van der Waals surface area (Å²) in [5.41, 5.74) is 4.25. The van der Waals surface area contributed by atoms with E-state index in [1.165, 1.54) is 0 Å². The predicted octanol–water partition coefficient (Wildman–Crippen LogP) is 4.55. The van der Waals surface area contributed by atoms with Crippen LogP contribution < -0.4 is 14.9 Å². The lowest BCUT2D eigenvalue weighted by Gasteiger charge is -2.08. The Morgan fingerprint density at radius 1 is 1.17 bits per heavy atom. The molecule has 0 fully saturated rings. The van der Waals surface area contributed by atoms with Crippen LogP contribution in [0.2, 0.25) is 10.0 Å². The second-order valence-corrected chi connectivity index (χ2v) is 5.32. The lowest BCUT2D eigenvalue weighted by Crippen LogP contribution is -1.95. The molecule has 122 valence electrons. The second-order valence-electron chi connectivity index (χ2n) is 4.50. The number of aromatic hydroxyl groups is 1. The number of hydrazone groups is 1. The minimum Gasteiger partial charge on any atom is -0.503 e. The van der Waals surface area contributed by atoms with Crippen LogP contribution in [0.5, 0.6) is 17.2 Å². The van der Waals surface area contributed by atoms with Crippen molar-refractivity contribution in [2.24, 2.45) is 5.10 Å². The highest BCUT2D eigenvalue weighted by molar-refractivity contribution is 6.32. The first-order valence-corrected chi connectivity index (χ1v) is 7.58. The van der Waals surface area contributed by atoms with Crippen LogP contribution in [0.1, 0.15) is 12.5 Å². The molecule has 2 aromatic carbocycles. The summed E-state index contributed by atoms with van der Waals surface area (Å²) in [6.07, 6.45) is 1.56. The van der Waals surface area contributed by atoms with Gasteiger partial charge in [-0.3, -0.25) is 5.43 Å². The Morgan fingerprint density at radius 2 is 1.96 bits per heavy atom. The van der Waals surface area contributed by atoms with Crippen LogP contribution in [0.15, 0.2) is 35.4 Å². The summed E-state index contributed by atoms with van der Waals surface area (Å²) in [6, 6.07) is 8.47. The van der Waals surface area contributed by atoms with Gasteiger partial charge in [0.2, 0.25) is 0 Å². The molecule has 0 unspecified atom stereocenters. The van der Waals surface area contributed by atoms with Crippen molar-refractivity contribution >= 4 is 35.1 Å². The fourth-order valence-corrected chi connectivity index (χ4v) is 2.33. The third-order valence-corrected chi connectivity index (χ3v) is 3.49. The van der Waals surface area contributed by atoms with E-state index in [1.54, 1.807) is 43.7 Å². The number of hydrogen-bond acceptors (Lipinski definition) is 5. The third-order valence-electron chi connectivity index (χ3n) is 2.91. The molecule has 0 spiro atoms. The Morgan fingerprint density at radius 3 is 2.61 bits per heavy atom. The van der Waals surface area contributed by atoms with Gasteiger partial charge in [-0.2, -0.15) is 5.10 Å². The van der Waals surface area contributed by atoms with Gasteiger partial charge >= 0.3 is 0 Å². The number of nitrogens with one attached hydrogen (secondary N) is 1. The van der Waals surface area contributed by atoms with E-state index >= 15 is 0 Å². The highest BCUT2D eigenvalue weighted by Gasteiger charge is 2.08. The van der Waals surface area contributed by atoms with Gasteiger partial charge < -0.3 is 14.6 Å². The molecule has 5 nitrogen and oxygen atoms in total. The Balaban J connectivity index is 2.12. The number of nitrogens with zero attached hydrogens (tertiary/aromatic N) is 1. The van der Waals surface area contributed by atoms with Crippen molar-refractivity contribution in [2.45, 2.75) is 6.92 Å². The van der Waals surface area contributed by atoms with Crippen molar-refractivity contribution in [2.75, 3.05) is 19.1 Å². The van der Waals surface area contributed by atoms with E-state index in [4.69, 9.17) is 32.7 Å². The number of methoxy groups -OCH3 is 1. The molecule has 2 N–H and O–H groups in total. The molecule has 0 heterocycles. The summed E-state index contributed by atoms with van der Waals surface area (Å²) < 4.78 is 10.4. The van der Waals surface area contributed by atoms with Crippen molar-refractivity contribution in [3.63, 3.8) is 0 Å². The molecule has 0 aliphatic heterocycles. The highest BCUT2D eigenvalue weighted by Crippen LogP contribution is 2.34. The van der Waals surface area contributed by atoms with Gasteiger partial charge in [0.05, 0.1) is 35.7 Å². The number of phenolic OH excluding ortho intramolecular Hbond substituents is 1. The normalized spacial score (nSPS) is 10.8. The number of benzene rings is 2. The van der Waals surface area contributed by atoms with Crippen LogP contribution in [0.3, 0.4) is 0 Å². The minimum absolute atomic E-state index is 0.0828. The summed E-state index contributed by atoms with van der Waals surface area (Å²) >= 11 is 12.0. The van der Waals surface area contributed by atoms with Gasteiger partial charge in [-0.1, -0.05) is 23.2 Å². The monoisotopic (exact) mass is 354 g/mol. The SMILES string of the molecule is CCOc1cc(/C=N/Nc2ccc(OC)c(Cl)c2)cc(Cl)c1O. The summed E-state index contributed by atoms with van der Waals surface area (Å²) in [6.45, 7) is 2.25. The number of ether oxygens (including phenoxy) is 2. The molecule has 0 saturated carbocycles.